The quantitative estimate of drug-likeness (QED) is 0.253. The third-order valence-electron chi connectivity index (χ3n) is 5.08. The van der Waals surface area contributed by atoms with E-state index < -0.39 is 29.5 Å². The summed E-state index contributed by atoms with van der Waals surface area (Å²) in [7, 11) is 1.42. The van der Waals surface area contributed by atoms with Gasteiger partial charge in [0, 0.05) is 5.56 Å². The molecule has 4 rings (SSSR count). The predicted molar refractivity (Wildman–Crippen MR) is 132 cm³/mol. The van der Waals surface area contributed by atoms with E-state index in [0.29, 0.717) is 26.2 Å². The molecule has 1 aliphatic rings. The van der Waals surface area contributed by atoms with Crippen LogP contribution in [0.4, 0.5) is 19.3 Å². The number of amides is 4. The molecule has 1 aliphatic heterocycles. The molecule has 0 aliphatic carbocycles. The van der Waals surface area contributed by atoms with Crippen LogP contribution < -0.4 is 19.7 Å². The average molecular weight is 590 g/mol. The van der Waals surface area contributed by atoms with Crippen LogP contribution in [-0.2, 0) is 16.2 Å². The summed E-state index contributed by atoms with van der Waals surface area (Å²) in [4.78, 5) is 38.5. The Kier molecular flexibility index (Phi) is 7.10. The molecule has 0 atom stereocenters. The molecule has 0 aromatic heterocycles. The molecule has 1 saturated heterocycles. The third kappa shape index (κ3) is 5.16. The molecule has 178 valence electrons. The highest BCUT2D eigenvalue weighted by atomic mass is 127. The fraction of sp³-hybridized carbons (Fsp3) is 0.0800. The van der Waals surface area contributed by atoms with Gasteiger partial charge in [0.15, 0.2) is 11.5 Å². The van der Waals surface area contributed by atoms with Crippen molar-refractivity contribution in [2.45, 2.75) is 6.61 Å². The lowest BCUT2D eigenvalue weighted by atomic mass is 10.1. The highest BCUT2D eigenvalue weighted by Crippen LogP contribution is 2.35. The van der Waals surface area contributed by atoms with Crippen LogP contribution >= 0.6 is 22.6 Å². The lowest BCUT2D eigenvalue weighted by molar-refractivity contribution is -0.122. The van der Waals surface area contributed by atoms with Crippen LogP contribution in [0, 0.1) is 15.2 Å². The van der Waals surface area contributed by atoms with Gasteiger partial charge in [-0.3, -0.25) is 14.9 Å². The van der Waals surface area contributed by atoms with E-state index in [0.717, 1.165) is 17.0 Å². The number of rotatable bonds is 6. The van der Waals surface area contributed by atoms with Crippen molar-refractivity contribution in [1.82, 2.24) is 5.32 Å². The zero-order valence-electron chi connectivity index (χ0n) is 18.2. The Balaban J connectivity index is 1.64. The van der Waals surface area contributed by atoms with Crippen molar-refractivity contribution in [3.8, 4) is 11.5 Å². The van der Waals surface area contributed by atoms with E-state index in [1.165, 1.54) is 31.4 Å². The lowest BCUT2D eigenvalue weighted by Crippen LogP contribution is -2.54. The van der Waals surface area contributed by atoms with Crippen LogP contribution in [-0.4, -0.2) is 25.0 Å². The van der Waals surface area contributed by atoms with Crippen LogP contribution in [0.15, 0.2) is 66.2 Å². The van der Waals surface area contributed by atoms with Crippen molar-refractivity contribution >= 4 is 52.2 Å². The van der Waals surface area contributed by atoms with Gasteiger partial charge in [-0.05, 0) is 76.7 Å². The van der Waals surface area contributed by atoms with Gasteiger partial charge in [-0.1, -0.05) is 18.2 Å². The first kappa shape index (κ1) is 24.3. The molecule has 1 N–H and O–H groups in total. The van der Waals surface area contributed by atoms with Gasteiger partial charge < -0.3 is 9.47 Å². The normalized spacial score (nSPS) is 14.8. The van der Waals surface area contributed by atoms with Gasteiger partial charge in [0.2, 0.25) is 0 Å². The maximum Gasteiger partial charge on any atom is 0.335 e. The maximum atomic E-state index is 13.9. The largest absolute Gasteiger partial charge is 0.493 e. The van der Waals surface area contributed by atoms with E-state index in [4.69, 9.17) is 9.47 Å². The number of urea groups is 1. The Morgan fingerprint density at radius 1 is 1.03 bits per heavy atom. The number of nitrogens with zero attached hydrogens (tertiary/aromatic N) is 1. The second-order valence-corrected chi connectivity index (χ2v) is 8.51. The summed E-state index contributed by atoms with van der Waals surface area (Å²) in [6.07, 6.45) is 1.31. The summed E-state index contributed by atoms with van der Waals surface area (Å²) >= 11 is 2.00. The van der Waals surface area contributed by atoms with Gasteiger partial charge in [0.25, 0.3) is 11.8 Å². The number of methoxy groups -OCH3 is 1. The number of hydrogen-bond acceptors (Lipinski definition) is 5. The molecule has 7 nitrogen and oxygen atoms in total. The number of carbonyl (C=O) groups excluding carboxylic acids is 3. The third-order valence-corrected chi connectivity index (χ3v) is 5.88. The Hall–Kier alpha value is -3.80. The summed E-state index contributed by atoms with van der Waals surface area (Å²) in [6.45, 7) is -0.0326. The number of nitrogens with one attached hydrogen (secondary N) is 1. The highest BCUT2D eigenvalue weighted by Gasteiger charge is 2.36. The van der Waals surface area contributed by atoms with Crippen molar-refractivity contribution in [1.29, 1.82) is 0 Å². The molecule has 3 aromatic carbocycles. The van der Waals surface area contributed by atoms with Crippen molar-refractivity contribution in [3.63, 3.8) is 0 Å². The van der Waals surface area contributed by atoms with E-state index in [-0.39, 0.29) is 17.9 Å². The molecule has 4 amide bonds. The number of benzene rings is 3. The first-order valence-electron chi connectivity index (χ1n) is 10.2. The maximum absolute atomic E-state index is 13.9. The SMILES string of the molecule is COc1cc(/C=C2\C(=O)NC(=O)N(c3ccc(F)cc3)C2=O)cc(I)c1OCc1ccccc1F. The van der Waals surface area contributed by atoms with Crippen LogP contribution in [0.3, 0.4) is 0 Å². The zero-order valence-corrected chi connectivity index (χ0v) is 20.3. The van der Waals surface area contributed by atoms with Crippen molar-refractivity contribution < 1.29 is 32.6 Å². The Morgan fingerprint density at radius 2 is 1.74 bits per heavy atom. The number of barbiturate groups is 1. The van der Waals surface area contributed by atoms with Gasteiger partial charge in [0.1, 0.15) is 23.8 Å². The summed E-state index contributed by atoms with van der Waals surface area (Å²) in [5, 5.41) is 2.11. The lowest BCUT2D eigenvalue weighted by Gasteiger charge is -2.26. The number of ether oxygens (including phenoxy) is 2. The fourth-order valence-corrected chi connectivity index (χ4v) is 4.16. The van der Waals surface area contributed by atoms with Crippen LogP contribution in [0.2, 0.25) is 0 Å². The Bertz CT molecular complexity index is 1360. The van der Waals surface area contributed by atoms with Gasteiger partial charge in [-0.25, -0.2) is 18.5 Å². The fourth-order valence-electron chi connectivity index (χ4n) is 3.38. The van der Waals surface area contributed by atoms with Crippen molar-refractivity contribution in [3.05, 3.63) is 92.6 Å². The Labute approximate surface area is 212 Å². The minimum absolute atomic E-state index is 0.0326. The standard InChI is InChI=1S/C25H17F2IN2O5/c1-34-21-12-14(11-20(28)22(21)35-13-15-4-2-3-5-19(15)27)10-18-23(31)29-25(33)30(24(18)32)17-8-6-16(26)7-9-17/h2-12H,13H2,1H3,(H,29,31,33)/b18-10+. The molecule has 0 radical (unpaired) electrons. The molecule has 0 bridgehead atoms. The van der Waals surface area contributed by atoms with E-state index in [1.807, 2.05) is 22.6 Å². The van der Waals surface area contributed by atoms with Gasteiger partial charge >= 0.3 is 6.03 Å². The van der Waals surface area contributed by atoms with E-state index in [9.17, 15) is 23.2 Å². The van der Waals surface area contributed by atoms with Crippen molar-refractivity contribution in [2.75, 3.05) is 12.0 Å². The van der Waals surface area contributed by atoms with E-state index >= 15 is 0 Å². The number of imide groups is 2. The van der Waals surface area contributed by atoms with Crippen molar-refractivity contribution in [2.24, 2.45) is 0 Å². The molecule has 1 fully saturated rings. The smallest absolute Gasteiger partial charge is 0.335 e. The van der Waals surface area contributed by atoms with Crippen LogP contribution in [0.25, 0.3) is 6.08 Å². The number of halogens is 3. The van der Waals surface area contributed by atoms with E-state index in [2.05, 4.69) is 5.32 Å². The second-order valence-electron chi connectivity index (χ2n) is 7.35. The van der Waals surface area contributed by atoms with E-state index in [1.54, 1.807) is 30.3 Å². The van der Waals surface area contributed by atoms with Crippen LogP contribution in [0.5, 0.6) is 11.5 Å². The minimum Gasteiger partial charge on any atom is -0.493 e. The monoisotopic (exact) mass is 590 g/mol. The predicted octanol–water partition coefficient (Wildman–Crippen LogP) is 4.82. The molecule has 3 aromatic rings. The average Bonchev–Trinajstić information content (AvgIpc) is 2.83. The number of carbonyl (C=O) groups is 3. The summed E-state index contributed by atoms with van der Waals surface area (Å²) < 4.78 is 39.0. The number of hydrogen-bond donors (Lipinski definition) is 1. The second kappa shape index (κ2) is 10.2. The molecule has 35 heavy (non-hydrogen) atoms. The molecular weight excluding hydrogens is 573 g/mol. The molecule has 0 unspecified atom stereocenters. The Morgan fingerprint density at radius 3 is 2.43 bits per heavy atom. The van der Waals surface area contributed by atoms with Gasteiger partial charge in [-0.15, -0.1) is 0 Å². The molecule has 10 heteroatoms. The minimum atomic E-state index is -0.937. The zero-order chi connectivity index (χ0) is 25.1. The molecular formula is C25H17F2IN2O5. The van der Waals surface area contributed by atoms with Gasteiger partial charge in [-0.2, -0.15) is 0 Å². The first-order chi connectivity index (χ1) is 16.8. The first-order valence-corrected chi connectivity index (χ1v) is 11.3. The highest BCUT2D eigenvalue weighted by molar-refractivity contribution is 14.1. The molecule has 0 spiro atoms. The topological polar surface area (TPSA) is 84.9 Å². The molecule has 0 saturated carbocycles. The van der Waals surface area contributed by atoms with Crippen LogP contribution in [0.1, 0.15) is 11.1 Å². The summed E-state index contributed by atoms with van der Waals surface area (Å²) in [5.41, 5.74) is 0.603. The molecule has 1 heterocycles. The summed E-state index contributed by atoms with van der Waals surface area (Å²) in [6, 6.07) is 13.2. The number of anilines is 1. The van der Waals surface area contributed by atoms with Gasteiger partial charge in [0.05, 0.1) is 16.4 Å². The summed E-state index contributed by atoms with van der Waals surface area (Å²) in [5.74, 6) is -2.00.